The quantitative estimate of drug-likeness (QED) is 0.738. The van der Waals surface area contributed by atoms with Crippen molar-refractivity contribution in [1.29, 1.82) is 0 Å². The second-order valence-corrected chi connectivity index (χ2v) is 7.46. The molecule has 0 saturated carbocycles. The molecular formula is C18H16BrF3N4O. The maximum Gasteiger partial charge on any atom is 0.416 e. The molecule has 0 bridgehead atoms. The van der Waals surface area contributed by atoms with E-state index in [1.807, 2.05) is 13.0 Å². The largest absolute Gasteiger partial charge is 0.416 e. The van der Waals surface area contributed by atoms with Gasteiger partial charge < -0.3 is 5.32 Å². The Balaban J connectivity index is 1.82. The standard InChI is InChI=1S/C18H16BrF3N4O/c1-11-3-5-17(2,8-14(11)26-10-13(19)9-24-26)16(27)25-15-7-12(4-6-23-15)18(20,21)22/h3-7,9-10H,8H2,1-2H3,(H,23,25,27). The van der Waals surface area contributed by atoms with Crippen LogP contribution >= 0.6 is 15.9 Å². The molecule has 1 N–H and O–H groups in total. The summed E-state index contributed by atoms with van der Waals surface area (Å²) in [6, 6.07) is 1.68. The van der Waals surface area contributed by atoms with E-state index in [0.29, 0.717) is 6.42 Å². The molecule has 1 atom stereocenters. The molecule has 0 spiro atoms. The number of rotatable bonds is 3. The van der Waals surface area contributed by atoms with Gasteiger partial charge in [0.2, 0.25) is 5.91 Å². The predicted octanol–water partition coefficient (Wildman–Crippen LogP) is 4.90. The van der Waals surface area contributed by atoms with Gasteiger partial charge in [0.15, 0.2) is 0 Å². The lowest BCUT2D eigenvalue weighted by molar-refractivity contribution is -0.137. The van der Waals surface area contributed by atoms with Crippen LogP contribution in [0.4, 0.5) is 19.0 Å². The normalized spacial score (nSPS) is 20.1. The SMILES string of the molecule is CC1=C(n2cc(Br)cn2)CC(C)(C(=O)Nc2cc(C(F)(F)F)ccn2)C=C1. The van der Waals surface area contributed by atoms with Crippen LogP contribution in [0.3, 0.4) is 0 Å². The molecule has 1 unspecified atom stereocenters. The number of aromatic nitrogens is 3. The number of hydrogen-bond donors (Lipinski definition) is 1. The zero-order valence-corrected chi connectivity index (χ0v) is 16.1. The van der Waals surface area contributed by atoms with E-state index in [1.165, 1.54) is 0 Å². The van der Waals surface area contributed by atoms with E-state index in [0.717, 1.165) is 34.1 Å². The Kier molecular flexibility index (Phi) is 4.98. The van der Waals surface area contributed by atoms with Crippen LogP contribution in [0.5, 0.6) is 0 Å². The number of anilines is 1. The van der Waals surface area contributed by atoms with Crippen molar-refractivity contribution < 1.29 is 18.0 Å². The first kappa shape index (κ1) is 19.3. The Labute approximate surface area is 162 Å². The molecule has 0 fully saturated rings. The molecule has 2 aromatic heterocycles. The van der Waals surface area contributed by atoms with Crippen molar-refractivity contribution in [1.82, 2.24) is 14.8 Å². The summed E-state index contributed by atoms with van der Waals surface area (Å²) in [4.78, 5) is 16.6. The molecule has 142 valence electrons. The zero-order valence-electron chi connectivity index (χ0n) is 14.5. The van der Waals surface area contributed by atoms with Gasteiger partial charge in [-0.2, -0.15) is 18.3 Å². The molecule has 1 aliphatic rings. The van der Waals surface area contributed by atoms with Gasteiger partial charge in [0.25, 0.3) is 0 Å². The minimum Gasteiger partial charge on any atom is -0.310 e. The van der Waals surface area contributed by atoms with Crippen molar-refractivity contribution in [2.45, 2.75) is 26.4 Å². The fourth-order valence-electron chi connectivity index (χ4n) is 2.75. The van der Waals surface area contributed by atoms with Gasteiger partial charge >= 0.3 is 6.18 Å². The first-order chi connectivity index (χ1) is 12.6. The van der Waals surface area contributed by atoms with Gasteiger partial charge in [0, 0.05) is 24.5 Å². The van der Waals surface area contributed by atoms with E-state index in [-0.39, 0.29) is 5.82 Å². The first-order valence-corrected chi connectivity index (χ1v) is 8.82. The number of nitrogens with zero attached hydrogens (tertiary/aromatic N) is 3. The van der Waals surface area contributed by atoms with Gasteiger partial charge in [-0.15, -0.1) is 0 Å². The van der Waals surface area contributed by atoms with E-state index >= 15 is 0 Å². The third-order valence-corrected chi connectivity index (χ3v) is 4.78. The van der Waals surface area contributed by atoms with Crippen LogP contribution < -0.4 is 5.32 Å². The number of alkyl halides is 3. The predicted molar refractivity (Wildman–Crippen MR) is 98.5 cm³/mol. The van der Waals surface area contributed by atoms with Crippen LogP contribution in [0.15, 0.2) is 52.9 Å². The topological polar surface area (TPSA) is 59.8 Å². The third kappa shape index (κ3) is 4.13. The minimum absolute atomic E-state index is 0.140. The molecule has 0 radical (unpaired) electrons. The van der Waals surface area contributed by atoms with Gasteiger partial charge in [0.05, 0.1) is 21.6 Å². The average Bonchev–Trinajstić information content (AvgIpc) is 3.03. The minimum atomic E-state index is -4.50. The highest BCUT2D eigenvalue weighted by Crippen LogP contribution is 2.37. The summed E-state index contributed by atoms with van der Waals surface area (Å²) in [6.45, 7) is 3.63. The molecule has 5 nitrogen and oxygen atoms in total. The summed E-state index contributed by atoms with van der Waals surface area (Å²) in [5.74, 6) is -0.582. The zero-order chi connectivity index (χ0) is 19.8. The van der Waals surface area contributed by atoms with Crippen LogP contribution in [0.1, 0.15) is 25.8 Å². The highest BCUT2D eigenvalue weighted by molar-refractivity contribution is 9.10. The Morgan fingerprint density at radius 3 is 2.78 bits per heavy atom. The third-order valence-electron chi connectivity index (χ3n) is 4.37. The second-order valence-electron chi connectivity index (χ2n) is 6.54. The molecule has 27 heavy (non-hydrogen) atoms. The molecule has 1 amide bonds. The summed E-state index contributed by atoms with van der Waals surface area (Å²) in [7, 11) is 0. The molecule has 1 aliphatic carbocycles. The van der Waals surface area contributed by atoms with Crippen LogP contribution in [-0.4, -0.2) is 20.7 Å². The van der Waals surface area contributed by atoms with E-state index < -0.39 is 23.1 Å². The van der Waals surface area contributed by atoms with Crippen LogP contribution in [0.25, 0.3) is 5.70 Å². The van der Waals surface area contributed by atoms with Gasteiger partial charge in [-0.3, -0.25) is 4.79 Å². The number of halogens is 4. The number of nitrogens with one attached hydrogen (secondary N) is 1. The van der Waals surface area contributed by atoms with E-state index in [1.54, 1.807) is 30.1 Å². The van der Waals surface area contributed by atoms with Gasteiger partial charge in [-0.05, 0) is 47.5 Å². The summed E-state index contributed by atoms with van der Waals surface area (Å²) in [5, 5.41) is 6.74. The maximum absolute atomic E-state index is 12.8. The molecule has 9 heteroatoms. The lowest BCUT2D eigenvalue weighted by atomic mass is 9.79. The van der Waals surface area contributed by atoms with E-state index in [4.69, 9.17) is 0 Å². The monoisotopic (exact) mass is 440 g/mol. The first-order valence-electron chi connectivity index (χ1n) is 8.03. The lowest BCUT2D eigenvalue weighted by Gasteiger charge is -2.30. The van der Waals surface area contributed by atoms with Crippen molar-refractivity contribution in [2.75, 3.05) is 5.32 Å². The van der Waals surface area contributed by atoms with Crippen molar-refractivity contribution >= 4 is 33.4 Å². The smallest absolute Gasteiger partial charge is 0.310 e. The summed E-state index contributed by atoms with van der Waals surface area (Å²) < 4.78 is 41.0. The number of pyridine rings is 1. The Hall–Kier alpha value is -2.42. The van der Waals surface area contributed by atoms with Crippen LogP contribution in [-0.2, 0) is 11.0 Å². The highest BCUT2D eigenvalue weighted by atomic mass is 79.9. The highest BCUT2D eigenvalue weighted by Gasteiger charge is 2.36. The van der Waals surface area contributed by atoms with Gasteiger partial charge in [-0.1, -0.05) is 12.2 Å². The Morgan fingerprint density at radius 2 is 2.15 bits per heavy atom. The maximum atomic E-state index is 12.8. The van der Waals surface area contributed by atoms with Gasteiger partial charge in [-0.25, -0.2) is 9.67 Å². The van der Waals surface area contributed by atoms with Crippen LogP contribution in [0, 0.1) is 5.41 Å². The van der Waals surface area contributed by atoms with Crippen molar-refractivity contribution in [3.63, 3.8) is 0 Å². The number of carbonyl (C=O) groups is 1. The van der Waals surface area contributed by atoms with E-state index in [2.05, 4.69) is 31.3 Å². The molecule has 0 aromatic carbocycles. The Bertz CT molecular complexity index is 948. The van der Waals surface area contributed by atoms with Gasteiger partial charge in [0.1, 0.15) is 5.82 Å². The Morgan fingerprint density at radius 1 is 1.41 bits per heavy atom. The molecular weight excluding hydrogens is 425 g/mol. The van der Waals surface area contributed by atoms with E-state index in [9.17, 15) is 18.0 Å². The fourth-order valence-corrected chi connectivity index (χ4v) is 3.04. The van der Waals surface area contributed by atoms with Crippen LogP contribution in [0.2, 0.25) is 0 Å². The second kappa shape index (κ2) is 6.95. The number of allylic oxidation sites excluding steroid dienone is 3. The average molecular weight is 441 g/mol. The summed E-state index contributed by atoms with van der Waals surface area (Å²) in [5.41, 5.74) is -0.0377. The molecule has 0 saturated heterocycles. The molecule has 0 aliphatic heterocycles. The lowest BCUT2D eigenvalue weighted by Crippen LogP contribution is -2.34. The fraction of sp³-hybridized carbons (Fsp3) is 0.278. The number of amides is 1. The number of carbonyl (C=O) groups excluding carboxylic acids is 1. The molecule has 2 aromatic rings. The van der Waals surface area contributed by atoms with Crippen molar-refractivity contribution in [3.05, 3.63) is 58.5 Å². The number of hydrogen-bond acceptors (Lipinski definition) is 3. The summed E-state index contributed by atoms with van der Waals surface area (Å²) >= 11 is 3.34. The summed E-state index contributed by atoms with van der Waals surface area (Å²) in [6.07, 6.45) is 3.84. The molecule has 3 rings (SSSR count). The van der Waals surface area contributed by atoms with Crippen molar-refractivity contribution in [2.24, 2.45) is 5.41 Å². The van der Waals surface area contributed by atoms with Crippen molar-refractivity contribution in [3.8, 4) is 0 Å². The molecule has 2 heterocycles.